The third kappa shape index (κ3) is 9.97. The van der Waals surface area contributed by atoms with Gasteiger partial charge in [0.25, 0.3) is 0 Å². The lowest BCUT2D eigenvalue weighted by atomic mass is 10.2. The summed E-state index contributed by atoms with van der Waals surface area (Å²) in [5.41, 5.74) is 5.00. The molecule has 4 nitrogen and oxygen atoms in total. The van der Waals surface area contributed by atoms with Gasteiger partial charge in [0.05, 0.1) is 0 Å². The van der Waals surface area contributed by atoms with Gasteiger partial charge in [-0.15, -0.1) is 0 Å². The second-order valence-electron chi connectivity index (χ2n) is 14.7. The Labute approximate surface area is 283 Å². The monoisotopic (exact) mass is 656 g/mol. The van der Waals surface area contributed by atoms with Crippen molar-refractivity contribution < 1.29 is 0 Å². The first-order valence-electron chi connectivity index (χ1n) is 16.1. The van der Waals surface area contributed by atoms with E-state index in [0.29, 0.717) is 0 Å². The van der Waals surface area contributed by atoms with Crippen LogP contribution in [0, 0.1) is 0 Å². The highest BCUT2D eigenvalue weighted by Crippen LogP contribution is 2.48. The van der Waals surface area contributed by atoms with Gasteiger partial charge in [-0.05, 0) is 95.9 Å². The summed E-state index contributed by atoms with van der Waals surface area (Å²) in [6, 6.07) is 36.2. The molecule has 0 amide bonds. The average Bonchev–Trinajstić information content (AvgIpc) is 2.97. The van der Waals surface area contributed by atoms with Crippen LogP contribution in [0.3, 0.4) is 0 Å². The van der Waals surface area contributed by atoms with Crippen LogP contribution < -0.4 is 40.8 Å². The fourth-order valence-corrected chi connectivity index (χ4v) is 10.9. The highest BCUT2D eigenvalue weighted by molar-refractivity contribution is 7.74. The van der Waals surface area contributed by atoms with Crippen molar-refractivity contribution in [2.24, 2.45) is 0 Å². The van der Waals surface area contributed by atoms with Gasteiger partial charge < -0.3 is 19.6 Å². The molecule has 0 aliphatic carbocycles. The second-order valence-corrected chi connectivity index (χ2v) is 20.7. The van der Waals surface area contributed by atoms with E-state index in [9.17, 15) is 0 Å². The van der Waals surface area contributed by atoms with E-state index in [0.717, 1.165) is 0 Å². The number of benzene rings is 4. The molecular formula is C40H58N4P2. The maximum absolute atomic E-state index is 2.35. The molecule has 4 aromatic rings. The largest absolute Gasteiger partial charge is 0.378 e. The summed E-state index contributed by atoms with van der Waals surface area (Å²) in [4.78, 5) is 8.59. The van der Waals surface area contributed by atoms with Crippen LogP contribution in [0.1, 0.15) is 41.5 Å². The van der Waals surface area contributed by atoms with Gasteiger partial charge in [-0.25, -0.2) is 0 Å². The molecule has 0 unspecified atom stereocenters. The van der Waals surface area contributed by atoms with Gasteiger partial charge in [-0.2, -0.15) is 0 Å². The van der Waals surface area contributed by atoms with Crippen molar-refractivity contribution in [3.8, 4) is 0 Å². The maximum Gasteiger partial charge on any atom is 0.0361 e. The molecule has 4 rings (SSSR count). The lowest BCUT2D eigenvalue weighted by molar-refractivity contribution is 0.793. The van der Waals surface area contributed by atoms with Gasteiger partial charge in [0.2, 0.25) is 0 Å². The lowest BCUT2D eigenvalue weighted by Crippen LogP contribution is -2.26. The number of hydrogen-bond donors (Lipinski definition) is 0. The second kappa shape index (κ2) is 15.7. The molecule has 0 atom stereocenters. The first-order chi connectivity index (χ1) is 21.4. The van der Waals surface area contributed by atoms with Crippen molar-refractivity contribution in [1.29, 1.82) is 0 Å². The quantitative estimate of drug-likeness (QED) is 0.178. The molecule has 0 aliphatic rings. The lowest BCUT2D eigenvalue weighted by Gasteiger charge is -2.32. The van der Waals surface area contributed by atoms with Crippen molar-refractivity contribution in [2.75, 3.05) is 76.0 Å². The summed E-state index contributed by atoms with van der Waals surface area (Å²) in [7, 11) is 15.9. The predicted molar refractivity (Wildman–Crippen MR) is 215 cm³/mol. The van der Waals surface area contributed by atoms with Crippen LogP contribution >= 0.6 is 15.8 Å². The zero-order chi connectivity index (χ0) is 34.4. The third-order valence-corrected chi connectivity index (χ3v) is 13.8. The van der Waals surface area contributed by atoms with Crippen molar-refractivity contribution in [3.63, 3.8) is 0 Å². The van der Waals surface area contributed by atoms with Crippen molar-refractivity contribution in [2.45, 2.75) is 51.9 Å². The minimum atomic E-state index is -0.392. The summed E-state index contributed by atoms with van der Waals surface area (Å²) in [6.07, 6.45) is 0. The Hall–Kier alpha value is -3.06. The maximum atomic E-state index is 2.35. The highest BCUT2D eigenvalue weighted by atomic mass is 31.1. The summed E-state index contributed by atoms with van der Waals surface area (Å²) < 4.78 is 0. The zero-order valence-corrected chi connectivity index (χ0v) is 32.7. The predicted octanol–water partition coefficient (Wildman–Crippen LogP) is 8.10. The number of hydrogen-bond acceptors (Lipinski definition) is 4. The van der Waals surface area contributed by atoms with Crippen molar-refractivity contribution in [3.05, 3.63) is 97.1 Å². The van der Waals surface area contributed by atoms with Crippen LogP contribution in [0.15, 0.2) is 97.1 Å². The molecule has 0 saturated carbocycles. The van der Waals surface area contributed by atoms with Gasteiger partial charge >= 0.3 is 0 Å². The van der Waals surface area contributed by atoms with E-state index >= 15 is 0 Å². The smallest absolute Gasteiger partial charge is 0.0361 e. The normalized spacial score (nSPS) is 11.7. The SMILES string of the molecule is CN(C)c1ccc(P(c2ccc(N(C)C)cc2)C(C)(C)C)cc1.CN(C)c1ccc(P(c2ccc(N(C)C)cc2)C(C)(C)C)cc1. The Morgan fingerprint density at radius 3 is 0.565 bits per heavy atom. The summed E-state index contributed by atoms with van der Waals surface area (Å²) in [5, 5.41) is 6.22. The Kier molecular flexibility index (Phi) is 12.8. The van der Waals surface area contributed by atoms with Crippen LogP contribution in [-0.2, 0) is 0 Å². The Morgan fingerprint density at radius 2 is 0.457 bits per heavy atom. The molecule has 248 valence electrons. The summed E-state index contributed by atoms with van der Waals surface area (Å²) in [5.74, 6) is 0. The molecule has 6 heteroatoms. The van der Waals surface area contributed by atoms with Crippen molar-refractivity contribution >= 4 is 59.8 Å². The molecule has 0 spiro atoms. The van der Waals surface area contributed by atoms with Crippen LogP contribution in [-0.4, -0.2) is 66.7 Å². The van der Waals surface area contributed by atoms with E-state index in [1.807, 2.05) is 0 Å². The van der Waals surface area contributed by atoms with Crippen LogP contribution in [0.2, 0.25) is 0 Å². The molecule has 46 heavy (non-hydrogen) atoms. The standard InChI is InChI=1S/2C20H29N2P/c2*1-20(2,3)23(18-12-8-16(9-13-18)21(4)5)19-14-10-17(11-15-19)22(6)7/h2*8-15H,1-7H3. The number of rotatable bonds is 8. The molecular weight excluding hydrogens is 598 g/mol. The van der Waals surface area contributed by atoms with Gasteiger partial charge in [-0.3, -0.25) is 0 Å². The topological polar surface area (TPSA) is 13.0 Å². The van der Waals surface area contributed by atoms with Gasteiger partial charge in [0.15, 0.2) is 0 Å². The van der Waals surface area contributed by atoms with E-state index in [-0.39, 0.29) is 10.3 Å². The molecule has 0 radical (unpaired) electrons. The first-order valence-corrected chi connectivity index (χ1v) is 18.8. The molecule has 0 bridgehead atoms. The van der Waals surface area contributed by atoms with Crippen LogP contribution in [0.25, 0.3) is 0 Å². The van der Waals surface area contributed by atoms with E-state index < -0.39 is 15.8 Å². The van der Waals surface area contributed by atoms with Gasteiger partial charge in [-0.1, -0.05) is 90.1 Å². The average molecular weight is 657 g/mol. The molecule has 0 aliphatic heterocycles. The number of anilines is 4. The van der Waals surface area contributed by atoms with E-state index in [1.165, 1.54) is 44.0 Å². The molecule has 0 saturated heterocycles. The molecule has 4 aromatic carbocycles. The fraction of sp³-hybridized carbons (Fsp3) is 0.400. The minimum Gasteiger partial charge on any atom is -0.378 e. The summed E-state index contributed by atoms with van der Waals surface area (Å²) in [6.45, 7) is 14.1. The van der Waals surface area contributed by atoms with E-state index in [2.05, 4.69) is 215 Å². The van der Waals surface area contributed by atoms with Crippen LogP contribution in [0.5, 0.6) is 0 Å². The zero-order valence-electron chi connectivity index (χ0n) is 30.9. The minimum absolute atomic E-state index is 0.231. The van der Waals surface area contributed by atoms with Gasteiger partial charge in [0.1, 0.15) is 0 Å². The molecule has 0 heterocycles. The molecule has 0 fully saturated rings. The van der Waals surface area contributed by atoms with Crippen molar-refractivity contribution in [1.82, 2.24) is 0 Å². The third-order valence-electron chi connectivity index (χ3n) is 7.84. The molecule has 0 N–H and O–H groups in total. The van der Waals surface area contributed by atoms with Crippen LogP contribution in [0.4, 0.5) is 22.7 Å². The Balaban J connectivity index is 0.000000250. The van der Waals surface area contributed by atoms with E-state index in [4.69, 9.17) is 0 Å². The molecule has 0 aromatic heterocycles. The highest BCUT2D eigenvalue weighted by Gasteiger charge is 2.28. The Morgan fingerprint density at radius 1 is 0.304 bits per heavy atom. The van der Waals surface area contributed by atoms with Gasteiger partial charge in [0, 0.05) is 79.1 Å². The fourth-order valence-electron chi connectivity index (χ4n) is 5.45. The summed E-state index contributed by atoms with van der Waals surface area (Å²) >= 11 is 0. The van der Waals surface area contributed by atoms with E-state index in [1.54, 1.807) is 0 Å². The number of nitrogens with zero attached hydrogens (tertiary/aromatic N) is 4. The Bertz CT molecular complexity index is 1260. The first kappa shape index (κ1) is 37.4.